The molecule has 1 aromatic heterocycles. The Bertz CT molecular complexity index is 1180. The molecule has 9 nitrogen and oxygen atoms in total. The number of hydrogen-bond donors (Lipinski definition) is 2. The Morgan fingerprint density at radius 2 is 1.51 bits per heavy atom. The van der Waals surface area contributed by atoms with Crippen LogP contribution in [0.2, 0.25) is 0 Å². The number of carbonyl (C=O) groups excluding carboxylic acids is 1. The highest BCUT2D eigenvalue weighted by Gasteiger charge is 2.44. The minimum Gasteiger partial charge on any atom is -0.475 e. The van der Waals surface area contributed by atoms with E-state index in [0.717, 1.165) is 38.2 Å². The lowest BCUT2D eigenvalue weighted by molar-refractivity contribution is -0.193. The fourth-order valence-electron chi connectivity index (χ4n) is 4.11. The van der Waals surface area contributed by atoms with Gasteiger partial charge in [0.25, 0.3) is 5.91 Å². The maximum atomic E-state index is 12.9. The smallest absolute Gasteiger partial charge is 0.475 e. The molecule has 1 amide bonds. The Morgan fingerprint density at radius 1 is 0.923 bits per heavy atom. The highest BCUT2D eigenvalue weighted by molar-refractivity contribution is 5.95. The molecule has 2 aliphatic rings. The Morgan fingerprint density at radius 3 is 2.03 bits per heavy atom. The monoisotopic (exact) mass is 560 g/mol. The summed E-state index contributed by atoms with van der Waals surface area (Å²) >= 11 is 0. The second kappa shape index (κ2) is 13.1. The van der Waals surface area contributed by atoms with E-state index in [2.05, 4.69) is 22.0 Å². The molecule has 3 heterocycles. The van der Waals surface area contributed by atoms with E-state index in [0.29, 0.717) is 17.2 Å². The summed E-state index contributed by atoms with van der Waals surface area (Å²) in [6.07, 6.45) is -6.34. The number of rotatable bonds is 3. The number of pyridine rings is 1. The number of halogens is 6. The van der Waals surface area contributed by atoms with Crippen LogP contribution in [0.15, 0.2) is 48.7 Å². The molecule has 0 bridgehead atoms. The number of carboxylic acids is 2. The summed E-state index contributed by atoms with van der Waals surface area (Å²) in [4.78, 5) is 39.6. The number of aromatic nitrogens is 1. The van der Waals surface area contributed by atoms with Crippen molar-refractivity contribution in [3.8, 4) is 6.07 Å². The van der Waals surface area contributed by atoms with Crippen molar-refractivity contribution < 1.29 is 50.9 Å². The van der Waals surface area contributed by atoms with Gasteiger partial charge in [-0.05, 0) is 43.2 Å². The van der Waals surface area contributed by atoms with E-state index in [1.54, 1.807) is 24.3 Å². The highest BCUT2D eigenvalue weighted by atomic mass is 19.4. The summed E-state index contributed by atoms with van der Waals surface area (Å²) in [6, 6.07) is 15.8. The predicted octanol–water partition coefficient (Wildman–Crippen LogP) is 3.71. The Kier molecular flexibility index (Phi) is 10.4. The number of fused-ring (bicyclic) bond motifs is 1. The van der Waals surface area contributed by atoms with Crippen LogP contribution in [0.25, 0.3) is 0 Å². The first-order valence-electron chi connectivity index (χ1n) is 11.2. The number of carbonyl (C=O) groups is 3. The molecule has 2 atom stereocenters. The predicted molar refractivity (Wildman–Crippen MR) is 121 cm³/mol. The van der Waals surface area contributed by atoms with Gasteiger partial charge in [0.15, 0.2) is 0 Å². The summed E-state index contributed by atoms with van der Waals surface area (Å²) in [5.41, 5.74) is 2.22. The van der Waals surface area contributed by atoms with E-state index in [4.69, 9.17) is 25.1 Å². The molecule has 1 aromatic carbocycles. The van der Waals surface area contributed by atoms with E-state index < -0.39 is 24.3 Å². The number of nitriles is 1. The molecule has 0 unspecified atom stereocenters. The average Bonchev–Trinajstić information content (AvgIpc) is 3.47. The number of nitrogens with zero attached hydrogens (tertiary/aromatic N) is 4. The Balaban J connectivity index is 0.000000317. The quantitative estimate of drug-likeness (QED) is 0.543. The Hall–Kier alpha value is -4.19. The second-order valence-corrected chi connectivity index (χ2v) is 8.30. The van der Waals surface area contributed by atoms with Crippen LogP contribution in [0.5, 0.6) is 0 Å². The second-order valence-electron chi connectivity index (χ2n) is 8.30. The van der Waals surface area contributed by atoms with Crippen LogP contribution < -0.4 is 0 Å². The van der Waals surface area contributed by atoms with Crippen molar-refractivity contribution in [2.24, 2.45) is 0 Å². The SMILES string of the molecule is N#Cc1cccc(C(=O)N2CC[C@H]3[C@H]2CCN3Cc2ccccn2)c1.O=C(O)C(F)(F)F.O=C(O)C(F)(F)F. The number of aliphatic carboxylic acids is 2. The standard InChI is InChI=1S/C20H20N4O.2C2HF3O2/c21-13-15-4-3-5-16(12-15)20(25)24-11-8-18-19(24)7-10-23(18)14-17-6-1-2-9-22-17;2*3-2(4,5)1(6)7/h1-6,9,12,18-19H,7-8,10-11,14H2;2*(H,6,7)/t18-,19+;;/m0../s1. The third kappa shape index (κ3) is 8.95. The molecule has 2 aliphatic heterocycles. The fourth-order valence-corrected chi connectivity index (χ4v) is 4.11. The molecule has 0 spiro atoms. The first-order valence-corrected chi connectivity index (χ1v) is 11.2. The number of amides is 1. The summed E-state index contributed by atoms with van der Waals surface area (Å²) in [6.45, 7) is 2.62. The zero-order valence-corrected chi connectivity index (χ0v) is 20.0. The molecule has 2 saturated heterocycles. The van der Waals surface area contributed by atoms with Gasteiger partial charge in [0.2, 0.25) is 0 Å². The van der Waals surface area contributed by atoms with Gasteiger partial charge in [0, 0.05) is 43.5 Å². The van der Waals surface area contributed by atoms with Crippen molar-refractivity contribution in [2.75, 3.05) is 13.1 Å². The lowest BCUT2D eigenvalue weighted by Gasteiger charge is -2.25. The summed E-state index contributed by atoms with van der Waals surface area (Å²) in [7, 11) is 0. The number of likely N-dealkylation sites (tertiary alicyclic amines) is 2. The Labute approximate surface area is 217 Å². The zero-order chi connectivity index (χ0) is 29.4. The van der Waals surface area contributed by atoms with E-state index in [1.165, 1.54) is 0 Å². The fraction of sp³-hybridized carbons (Fsp3) is 0.375. The summed E-state index contributed by atoms with van der Waals surface area (Å²) in [5, 5.41) is 23.3. The van der Waals surface area contributed by atoms with Gasteiger partial charge in [0.05, 0.1) is 17.3 Å². The molecule has 0 aliphatic carbocycles. The number of carboxylic acid groups (broad SMARTS) is 2. The topological polar surface area (TPSA) is 135 Å². The van der Waals surface area contributed by atoms with E-state index in [9.17, 15) is 31.1 Å². The third-order valence-corrected chi connectivity index (χ3v) is 5.77. The summed E-state index contributed by atoms with van der Waals surface area (Å²) in [5.74, 6) is -5.47. The van der Waals surface area contributed by atoms with Gasteiger partial charge < -0.3 is 15.1 Å². The first kappa shape index (κ1) is 31.0. The van der Waals surface area contributed by atoms with Crippen molar-refractivity contribution in [1.82, 2.24) is 14.8 Å². The van der Waals surface area contributed by atoms with Gasteiger partial charge in [-0.15, -0.1) is 0 Å². The molecule has 0 saturated carbocycles. The zero-order valence-electron chi connectivity index (χ0n) is 20.0. The molecular weight excluding hydrogens is 538 g/mol. The van der Waals surface area contributed by atoms with Crippen LogP contribution >= 0.6 is 0 Å². The molecule has 39 heavy (non-hydrogen) atoms. The molecular formula is C24H22F6N4O5. The maximum Gasteiger partial charge on any atom is 0.490 e. The van der Waals surface area contributed by atoms with E-state index in [1.807, 2.05) is 23.2 Å². The molecule has 4 rings (SSSR count). The van der Waals surface area contributed by atoms with Crippen molar-refractivity contribution in [1.29, 1.82) is 5.26 Å². The van der Waals surface area contributed by atoms with Crippen molar-refractivity contribution in [2.45, 2.75) is 43.8 Å². The van der Waals surface area contributed by atoms with E-state index >= 15 is 0 Å². The lowest BCUT2D eigenvalue weighted by Crippen LogP contribution is -2.39. The molecule has 0 radical (unpaired) electrons. The minimum absolute atomic E-state index is 0.0456. The van der Waals surface area contributed by atoms with Gasteiger partial charge in [0.1, 0.15) is 0 Å². The molecule has 2 aromatic rings. The molecule has 210 valence electrons. The van der Waals surface area contributed by atoms with Gasteiger partial charge in [-0.25, -0.2) is 9.59 Å². The number of alkyl halides is 6. The maximum absolute atomic E-state index is 12.9. The minimum atomic E-state index is -5.08. The largest absolute Gasteiger partial charge is 0.490 e. The average molecular weight is 560 g/mol. The van der Waals surface area contributed by atoms with Crippen LogP contribution in [0.3, 0.4) is 0 Å². The van der Waals surface area contributed by atoms with Crippen molar-refractivity contribution in [3.63, 3.8) is 0 Å². The van der Waals surface area contributed by atoms with E-state index in [-0.39, 0.29) is 11.9 Å². The molecule has 2 N–H and O–H groups in total. The van der Waals surface area contributed by atoms with Crippen LogP contribution in [-0.4, -0.2) is 80.4 Å². The van der Waals surface area contributed by atoms with Crippen molar-refractivity contribution >= 4 is 17.8 Å². The van der Waals surface area contributed by atoms with Crippen LogP contribution in [0, 0.1) is 11.3 Å². The molecule has 2 fully saturated rings. The van der Waals surface area contributed by atoms with Crippen LogP contribution in [0.1, 0.15) is 34.5 Å². The van der Waals surface area contributed by atoms with Crippen LogP contribution in [-0.2, 0) is 16.1 Å². The van der Waals surface area contributed by atoms with Gasteiger partial charge >= 0.3 is 24.3 Å². The van der Waals surface area contributed by atoms with Crippen LogP contribution in [0.4, 0.5) is 26.3 Å². The first-order chi connectivity index (χ1) is 18.1. The van der Waals surface area contributed by atoms with Gasteiger partial charge in [-0.2, -0.15) is 31.6 Å². The van der Waals surface area contributed by atoms with Gasteiger partial charge in [-0.3, -0.25) is 14.7 Å². The van der Waals surface area contributed by atoms with Crippen molar-refractivity contribution in [3.05, 3.63) is 65.5 Å². The number of hydrogen-bond acceptors (Lipinski definition) is 6. The molecule has 15 heteroatoms. The lowest BCUT2D eigenvalue weighted by atomic mass is 10.1. The normalized spacial score (nSPS) is 18.5. The summed E-state index contributed by atoms with van der Waals surface area (Å²) < 4.78 is 63.5. The number of benzene rings is 1. The van der Waals surface area contributed by atoms with Gasteiger partial charge in [-0.1, -0.05) is 12.1 Å². The third-order valence-electron chi connectivity index (χ3n) is 5.77. The highest BCUT2D eigenvalue weighted by Crippen LogP contribution is 2.33.